The van der Waals surface area contributed by atoms with E-state index in [4.69, 9.17) is 34.3 Å². The van der Waals surface area contributed by atoms with Gasteiger partial charge in [-0.15, -0.1) is 0 Å². The van der Waals surface area contributed by atoms with Gasteiger partial charge in [-0.25, -0.2) is 0 Å². The second-order valence-corrected chi connectivity index (χ2v) is 5.53. The number of ether oxygens (including phenoxy) is 1. The summed E-state index contributed by atoms with van der Waals surface area (Å²) in [7, 11) is 0. The minimum atomic E-state index is 0.270. The average Bonchev–Trinajstić information content (AvgIpc) is 2.37. The highest BCUT2D eigenvalue weighted by Gasteiger charge is 2.05. The number of pyridine rings is 1. The fraction of sp³-hybridized carbons (Fsp3) is 0.0769. The third kappa shape index (κ3) is 3.89. The molecule has 19 heavy (non-hydrogen) atoms. The zero-order chi connectivity index (χ0) is 13.8. The Morgan fingerprint density at radius 1 is 1.37 bits per heavy atom. The highest BCUT2D eigenvalue weighted by molar-refractivity contribution is 9.10. The largest absolute Gasteiger partial charge is 0.487 e. The summed E-state index contributed by atoms with van der Waals surface area (Å²) < 4.78 is 6.53. The Morgan fingerprint density at radius 2 is 2.16 bits per heavy atom. The molecular weight excluding hydrogens is 348 g/mol. The molecule has 0 aliphatic heterocycles. The third-order valence-corrected chi connectivity index (χ3v) is 3.38. The zero-order valence-electron chi connectivity index (χ0n) is 9.77. The molecule has 98 valence electrons. The lowest BCUT2D eigenvalue weighted by Crippen LogP contribution is -2.10. The molecule has 0 spiro atoms. The molecule has 1 aromatic heterocycles. The van der Waals surface area contributed by atoms with Crippen molar-refractivity contribution in [1.29, 1.82) is 0 Å². The van der Waals surface area contributed by atoms with Gasteiger partial charge in [0, 0.05) is 16.2 Å². The van der Waals surface area contributed by atoms with E-state index in [1.807, 2.05) is 12.1 Å². The molecule has 0 aliphatic carbocycles. The van der Waals surface area contributed by atoms with Crippen molar-refractivity contribution in [3.05, 3.63) is 57.3 Å². The molecule has 0 fully saturated rings. The first-order valence-corrected chi connectivity index (χ1v) is 6.97. The molecule has 1 heterocycles. The summed E-state index contributed by atoms with van der Waals surface area (Å²) in [4.78, 5) is 4.49. The maximum Gasteiger partial charge on any atom is 0.130 e. The van der Waals surface area contributed by atoms with Crippen LogP contribution in [0, 0.1) is 0 Å². The Hall–Kier alpha value is -1.17. The minimum absolute atomic E-state index is 0.270. The van der Waals surface area contributed by atoms with Gasteiger partial charge in [-0.2, -0.15) is 0 Å². The van der Waals surface area contributed by atoms with Crippen molar-refractivity contribution in [3.63, 3.8) is 0 Å². The number of hydrogen-bond donors (Lipinski definition) is 1. The monoisotopic (exact) mass is 356 g/mol. The van der Waals surface area contributed by atoms with E-state index >= 15 is 0 Å². The maximum atomic E-state index is 6.06. The van der Waals surface area contributed by atoms with E-state index in [0.717, 1.165) is 10.2 Å². The average molecular weight is 358 g/mol. The molecule has 0 saturated heterocycles. The quantitative estimate of drug-likeness (QED) is 0.847. The second-order valence-electron chi connectivity index (χ2n) is 3.76. The van der Waals surface area contributed by atoms with Crippen molar-refractivity contribution in [2.45, 2.75) is 6.61 Å². The molecule has 1 aromatic carbocycles. The highest BCUT2D eigenvalue weighted by atomic mass is 79.9. The van der Waals surface area contributed by atoms with Gasteiger partial charge in [0.1, 0.15) is 17.3 Å². The van der Waals surface area contributed by atoms with Crippen LogP contribution in [0.25, 0.3) is 0 Å². The van der Waals surface area contributed by atoms with E-state index in [-0.39, 0.29) is 4.99 Å². The van der Waals surface area contributed by atoms with Crippen LogP contribution >= 0.6 is 39.7 Å². The lowest BCUT2D eigenvalue weighted by atomic mass is 10.2. The van der Waals surface area contributed by atoms with Gasteiger partial charge in [-0.1, -0.05) is 23.8 Å². The van der Waals surface area contributed by atoms with E-state index in [9.17, 15) is 0 Å². The summed E-state index contributed by atoms with van der Waals surface area (Å²) in [5.41, 5.74) is 7.01. The van der Waals surface area contributed by atoms with Crippen LogP contribution in [0.4, 0.5) is 0 Å². The number of benzene rings is 1. The van der Waals surface area contributed by atoms with Crippen molar-refractivity contribution in [2.75, 3.05) is 0 Å². The van der Waals surface area contributed by atoms with Crippen LogP contribution in [-0.4, -0.2) is 9.97 Å². The van der Waals surface area contributed by atoms with Crippen molar-refractivity contribution in [3.8, 4) is 5.75 Å². The van der Waals surface area contributed by atoms with Crippen molar-refractivity contribution >= 4 is 44.7 Å². The lowest BCUT2D eigenvalue weighted by molar-refractivity contribution is 0.301. The van der Waals surface area contributed by atoms with Crippen molar-refractivity contribution in [2.24, 2.45) is 5.73 Å². The van der Waals surface area contributed by atoms with Gasteiger partial charge in [-0.3, -0.25) is 4.98 Å². The molecule has 0 aliphatic rings. The number of nitrogens with zero attached hydrogens (tertiary/aromatic N) is 1. The van der Waals surface area contributed by atoms with Crippen LogP contribution in [0.3, 0.4) is 0 Å². The lowest BCUT2D eigenvalue weighted by Gasteiger charge is -2.08. The number of rotatable bonds is 4. The second kappa shape index (κ2) is 6.32. The number of nitrogens with two attached hydrogens (primary N) is 1. The van der Waals surface area contributed by atoms with Crippen molar-refractivity contribution < 1.29 is 4.74 Å². The Balaban J connectivity index is 2.06. The highest BCUT2D eigenvalue weighted by Crippen LogP contribution is 2.23. The summed E-state index contributed by atoms with van der Waals surface area (Å²) in [5, 5.41) is 0.480. The van der Waals surface area contributed by atoms with Crippen LogP contribution in [0.15, 0.2) is 41.0 Å². The first-order chi connectivity index (χ1) is 9.06. The number of hydrogen-bond acceptors (Lipinski definition) is 3. The first-order valence-electron chi connectivity index (χ1n) is 5.39. The standard InChI is InChI=1S/C13H10BrClN2OS/c14-8-1-2-9(17-6-8)7-18-10-3-4-11(13(16)19)12(15)5-10/h1-6H,7H2,(H2,16,19). The molecule has 0 saturated carbocycles. The molecule has 2 rings (SSSR count). The predicted molar refractivity (Wildman–Crippen MR) is 83.6 cm³/mol. The zero-order valence-corrected chi connectivity index (χ0v) is 12.9. The molecule has 6 heteroatoms. The van der Waals surface area contributed by atoms with Gasteiger partial charge in [0.05, 0.1) is 10.7 Å². The van der Waals surface area contributed by atoms with Gasteiger partial charge in [-0.05, 0) is 46.3 Å². The van der Waals surface area contributed by atoms with E-state index in [1.54, 1.807) is 24.4 Å². The van der Waals surface area contributed by atoms with E-state index in [0.29, 0.717) is 22.9 Å². The fourth-order valence-electron chi connectivity index (χ4n) is 1.43. The number of halogens is 2. The fourth-order valence-corrected chi connectivity index (χ4v) is 2.18. The molecule has 0 radical (unpaired) electrons. The summed E-state index contributed by atoms with van der Waals surface area (Å²) in [6, 6.07) is 9.01. The molecule has 0 bridgehead atoms. The summed E-state index contributed by atoms with van der Waals surface area (Å²) in [6.07, 6.45) is 1.72. The Bertz CT molecular complexity index is 604. The molecule has 2 aromatic rings. The Labute approximate surface area is 129 Å². The Morgan fingerprint density at radius 3 is 2.74 bits per heavy atom. The number of thiocarbonyl (C=S) groups is 1. The van der Waals surface area contributed by atoms with Gasteiger partial charge in [0.15, 0.2) is 0 Å². The minimum Gasteiger partial charge on any atom is -0.487 e. The maximum absolute atomic E-state index is 6.06. The van der Waals surface area contributed by atoms with E-state index < -0.39 is 0 Å². The molecule has 2 N–H and O–H groups in total. The summed E-state index contributed by atoms with van der Waals surface area (Å²) >= 11 is 14.3. The van der Waals surface area contributed by atoms with Crippen LogP contribution in [-0.2, 0) is 6.61 Å². The first kappa shape index (κ1) is 14.2. The third-order valence-electron chi connectivity index (χ3n) is 2.38. The van der Waals surface area contributed by atoms with Crippen LogP contribution < -0.4 is 10.5 Å². The smallest absolute Gasteiger partial charge is 0.130 e. The topological polar surface area (TPSA) is 48.1 Å². The SMILES string of the molecule is NC(=S)c1ccc(OCc2ccc(Br)cn2)cc1Cl. The molecule has 0 unspecified atom stereocenters. The molecule has 0 atom stereocenters. The molecule has 3 nitrogen and oxygen atoms in total. The summed E-state index contributed by atoms with van der Waals surface area (Å²) in [6.45, 7) is 0.371. The van der Waals surface area contributed by atoms with E-state index in [2.05, 4.69) is 20.9 Å². The number of aromatic nitrogens is 1. The molecule has 0 amide bonds. The van der Waals surface area contributed by atoms with E-state index in [1.165, 1.54) is 0 Å². The molecular formula is C13H10BrClN2OS. The van der Waals surface area contributed by atoms with Gasteiger partial charge >= 0.3 is 0 Å². The van der Waals surface area contributed by atoms with Gasteiger partial charge < -0.3 is 10.5 Å². The Kier molecular flexibility index (Phi) is 4.74. The normalized spacial score (nSPS) is 10.2. The van der Waals surface area contributed by atoms with Crippen molar-refractivity contribution in [1.82, 2.24) is 4.98 Å². The summed E-state index contributed by atoms with van der Waals surface area (Å²) in [5.74, 6) is 0.648. The van der Waals surface area contributed by atoms with Crippen LogP contribution in [0.2, 0.25) is 5.02 Å². The van der Waals surface area contributed by atoms with Gasteiger partial charge in [0.25, 0.3) is 0 Å². The van der Waals surface area contributed by atoms with Crippen LogP contribution in [0.1, 0.15) is 11.3 Å². The van der Waals surface area contributed by atoms with Crippen LogP contribution in [0.5, 0.6) is 5.75 Å². The van der Waals surface area contributed by atoms with Gasteiger partial charge in [0.2, 0.25) is 0 Å². The predicted octanol–water partition coefficient (Wildman–Crippen LogP) is 3.71.